The molecule has 0 aliphatic heterocycles. The molecule has 0 aromatic carbocycles. The van der Waals surface area contributed by atoms with E-state index in [-0.39, 0.29) is 25.2 Å². The molecule has 0 spiro atoms. The van der Waals surface area contributed by atoms with E-state index in [4.69, 9.17) is 20.4 Å². The fraction of sp³-hybridized carbons (Fsp3) is 0.938. The van der Waals surface area contributed by atoms with Gasteiger partial charge in [-0.25, -0.2) is 0 Å². The van der Waals surface area contributed by atoms with Gasteiger partial charge in [-0.1, -0.05) is 38.5 Å². The minimum Gasteiger partial charge on any atom is -0.481 e. The van der Waals surface area contributed by atoms with Crippen LogP contribution in [0.2, 0.25) is 0 Å². The van der Waals surface area contributed by atoms with Crippen LogP contribution in [0.4, 0.5) is 0 Å². The summed E-state index contributed by atoms with van der Waals surface area (Å²) in [4.78, 5) is 10.7. The van der Waals surface area contributed by atoms with Crippen molar-refractivity contribution in [2.24, 2.45) is 10.8 Å². The van der Waals surface area contributed by atoms with Crippen molar-refractivity contribution in [2.75, 3.05) is 19.8 Å². The van der Waals surface area contributed by atoms with Gasteiger partial charge in [-0.05, 0) is 25.7 Å². The highest BCUT2D eigenvalue weighted by Gasteiger charge is 2.38. The third-order valence-corrected chi connectivity index (χ3v) is 5.15. The van der Waals surface area contributed by atoms with E-state index in [9.17, 15) is 4.79 Å². The number of hydrogen-bond donors (Lipinski definition) is 4. The second kappa shape index (κ2) is 8.71. The van der Waals surface area contributed by atoms with Crippen LogP contribution in [0.15, 0.2) is 0 Å². The number of carboxylic acid groups (broad SMARTS) is 1. The third-order valence-electron chi connectivity index (χ3n) is 5.15. The van der Waals surface area contributed by atoms with Gasteiger partial charge < -0.3 is 20.4 Å². The second-order valence-electron chi connectivity index (χ2n) is 6.68. The van der Waals surface area contributed by atoms with Crippen molar-refractivity contribution in [2.45, 2.75) is 64.2 Å². The van der Waals surface area contributed by atoms with Crippen LogP contribution in [0.1, 0.15) is 64.2 Å². The van der Waals surface area contributed by atoms with Crippen molar-refractivity contribution in [1.82, 2.24) is 0 Å². The highest BCUT2D eigenvalue weighted by atomic mass is 16.4. The largest absolute Gasteiger partial charge is 0.481 e. The van der Waals surface area contributed by atoms with Crippen molar-refractivity contribution in [3.8, 4) is 0 Å². The molecule has 0 unspecified atom stereocenters. The average Bonchev–Trinajstić information content (AvgIpc) is 2.56. The Labute approximate surface area is 127 Å². The summed E-state index contributed by atoms with van der Waals surface area (Å²) in [6, 6.07) is 0. The summed E-state index contributed by atoms with van der Waals surface area (Å²) < 4.78 is 0. The first kappa shape index (κ1) is 18.4. The summed E-state index contributed by atoms with van der Waals surface area (Å²) in [5.74, 6) is -0.834. The van der Waals surface area contributed by atoms with Gasteiger partial charge in [0, 0.05) is 5.41 Å². The lowest BCUT2D eigenvalue weighted by molar-refractivity contribution is -0.153. The first-order valence-corrected chi connectivity index (χ1v) is 8.10. The fourth-order valence-corrected chi connectivity index (χ4v) is 3.34. The van der Waals surface area contributed by atoms with E-state index in [0.717, 1.165) is 32.1 Å². The van der Waals surface area contributed by atoms with Gasteiger partial charge in [-0.2, -0.15) is 0 Å². The molecule has 2 fully saturated rings. The van der Waals surface area contributed by atoms with E-state index in [2.05, 4.69) is 0 Å². The van der Waals surface area contributed by atoms with Crippen LogP contribution < -0.4 is 0 Å². The van der Waals surface area contributed by atoms with E-state index in [1.807, 2.05) is 0 Å². The number of carbonyl (C=O) groups is 1. The molecule has 0 amide bonds. The number of rotatable bonds is 4. The molecule has 0 atom stereocenters. The summed E-state index contributed by atoms with van der Waals surface area (Å²) in [7, 11) is 0. The maximum Gasteiger partial charge on any atom is 0.311 e. The Kier molecular flexibility index (Phi) is 7.63. The van der Waals surface area contributed by atoms with E-state index in [1.54, 1.807) is 0 Å². The molecule has 2 aliphatic carbocycles. The van der Waals surface area contributed by atoms with Crippen LogP contribution in [0.3, 0.4) is 0 Å². The zero-order chi connectivity index (χ0) is 15.8. The highest BCUT2D eigenvalue weighted by molar-refractivity contribution is 5.74. The van der Waals surface area contributed by atoms with Crippen LogP contribution in [0.5, 0.6) is 0 Å². The molecular formula is C16H30O5. The maximum atomic E-state index is 10.7. The maximum absolute atomic E-state index is 10.7. The first-order chi connectivity index (χ1) is 10.0. The van der Waals surface area contributed by atoms with E-state index >= 15 is 0 Å². The minimum atomic E-state index is -0.834. The minimum absolute atomic E-state index is 0.127. The van der Waals surface area contributed by atoms with Gasteiger partial charge in [0.05, 0.1) is 25.2 Å². The molecule has 5 heteroatoms. The number of aliphatic hydroxyl groups excluding tert-OH is 3. The molecule has 0 bridgehead atoms. The Morgan fingerprint density at radius 3 is 1.38 bits per heavy atom. The molecule has 0 radical (unpaired) electrons. The smallest absolute Gasteiger partial charge is 0.311 e. The number of hydrogen-bond acceptors (Lipinski definition) is 4. The van der Waals surface area contributed by atoms with Crippen molar-refractivity contribution in [1.29, 1.82) is 0 Å². The summed E-state index contributed by atoms with van der Waals surface area (Å²) >= 11 is 0. The third kappa shape index (κ3) is 4.94. The standard InChI is InChI=1S/C8H14O3.C8H16O2/c9-6-8(7(10)11)4-2-1-3-5-8;9-6-8(7-10)4-2-1-3-5-8/h9H,1-6H2,(H,10,11);9-10H,1-7H2. The van der Waals surface area contributed by atoms with Gasteiger partial charge in [0.1, 0.15) is 0 Å². The Morgan fingerprint density at radius 2 is 1.14 bits per heavy atom. The average molecular weight is 302 g/mol. The summed E-state index contributed by atoms with van der Waals surface area (Å²) in [6.45, 7) is 0.106. The van der Waals surface area contributed by atoms with Crippen LogP contribution in [0, 0.1) is 10.8 Å². The molecule has 5 nitrogen and oxygen atoms in total. The molecule has 21 heavy (non-hydrogen) atoms. The molecule has 2 saturated carbocycles. The quantitative estimate of drug-likeness (QED) is 0.636. The van der Waals surface area contributed by atoms with Crippen molar-refractivity contribution in [3.05, 3.63) is 0 Å². The lowest BCUT2D eigenvalue weighted by Gasteiger charge is -2.33. The lowest BCUT2D eigenvalue weighted by Crippen LogP contribution is -2.36. The Balaban J connectivity index is 0.000000211. The molecule has 2 rings (SSSR count). The fourth-order valence-electron chi connectivity index (χ4n) is 3.34. The van der Waals surface area contributed by atoms with Gasteiger partial charge in [0.15, 0.2) is 0 Å². The molecule has 0 aromatic rings. The molecule has 2 aliphatic rings. The van der Waals surface area contributed by atoms with E-state index in [1.165, 1.54) is 19.3 Å². The first-order valence-electron chi connectivity index (χ1n) is 8.10. The summed E-state index contributed by atoms with van der Waals surface area (Å²) in [6.07, 6.45) is 9.86. The zero-order valence-corrected chi connectivity index (χ0v) is 12.9. The van der Waals surface area contributed by atoms with Crippen LogP contribution in [-0.2, 0) is 4.79 Å². The van der Waals surface area contributed by atoms with Crippen LogP contribution in [-0.4, -0.2) is 46.2 Å². The molecule has 4 N–H and O–H groups in total. The zero-order valence-electron chi connectivity index (χ0n) is 12.9. The molecule has 0 saturated heterocycles. The number of carboxylic acids is 1. The summed E-state index contributed by atoms with van der Waals surface area (Å²) in [5, 5.41) is 35.7. The lowest BCUT2D eigenvalue weighted by atomic mass is 9.75. The summed E-state index contributed by atoms with van der Waals surface area (Å²) in [5.41, 5.74) is -0.934. The van der Waals surface area contributed by atoms with Gasteiger partial charge in [-0.3, -0.25) is 4.79 Å². The Hall–Kier alpha value is -0.650. The van der Waals surface area contributed by atoms with Crippen molar-refractivity contribution in [3.63, 3.8) is 0 Å². The van der Waals surface area contributed by atoms with Crippen LogP contribution in [0.25, 0.3) is 0 Å². The molecular weight excluding hydrogens is 272 g/mol. The van der Waals surface area contributed by atoms with Crippen molar-refractivity contribution < 1.29 is 25.2 Å². The monoisotopic (exact) mass is 302 g/mol. The second-order valence-corrected chi connectivity index (χ2v) is 6.68. The van der Waals surface area contributed by atoms with Gasteiger partial charge in [0.2, 0.25) is 0 Å². The van der Waals surface area contributed by atoms with Gasteiger partial charge >= 0.3 is 5.97 Å². The van der Waals surface area contributed by atoms with Crippen LogP contribution >= 0.6 is 0 Å². The Morgan fingerprint density at radius 1 is 0.714 bits per heavy atom. The van der Waals surface area contributed by atoms with Gasteiger partial charge in [0.25, 0.3) is 0 Å². The van der Waals surface area contributed by atoms with E-state index in [0.29, 0.717) is 12.8 Å². The predicted octanol–water partition coefficient (Wildman–Crippen LogP) is 1.94. The number of aliphatic hydroxyl groups is 3. The normalized spacial score (nSPS) is 23.8. The SMILES string of the molecule is O=C(O)C1(CO)CCCCC1.OCC1(CO)CCCCC1. The predicted molar refractivity (Wildman–Crippen MR) is 79.9 cm³/mol. The number of aliphatic carboxylic acids is 1. The topological polar surface area (TPSA) is 98.0 Å². The molecule has 0 heterocycles. The van der Waals surface area contributed by atoms with Crippen molar-refractivity contribution >= 4 is 5.97 Å². The highest BCUT2D eigenvalue weighted by Crippen LogP contribution is 2.36. The van der Waals surface area contributed by atoms with E-state index < -0.39 is 11.4 Å². The Bertz CT molecular complexity index is 298. The molecule has 124 valence electrons. The molecule has 0 aromatic heterocycles. The van der Waals surface area contributed by atoms with Gasteiger partial charge in [-0.15, -0.1) is 0 Å².